The highest BCUT2D eigenvalue weighted by molar-refractivity contribution is 6.02. The number of benzene rings is 1. The van der Waals surface area contributed by atoms with Gasteiger partial charge in [-0.25, -0.2) is 0 Å². The third kappa shape index (κ3) is 4.24. The standard InChI is InChI=1S/C19H18N2O4/c22-12-10-14-4-6-15(7-5-14)20-19(24)17-9-8-16(25-17)13-21-11-2-1-3-18(21)23/h1-9,11,22H,10,12-13H2,(H,20,24). The van der Waals surface area contributed by atoms with Crippen molar-refractivity contribution in [1.82, 2.24) is 4.57 Å². The lowest BCUT2D eigenvalue weighted by Gasteiger charge is -2.05. The molecule has 128 valence electrons. The van der Waals surface area contributed by atoms with Crippen LogP contribution in [0.1, 0.15) is 21.9 Å². The van der Waals surface area contributed by atoms with Crippen molar-refractivity contribution in [2.24, 2.45) is 0 Å². The van der Waals surface area contributed by atoms with Crippen LogP contribution in [0.3, 0.4) is 0 Å². The molecule has 2 N–H and O–H groups in total. The van der Waals surface area contributed by atoms with Crippen molar-refractivity contribution in [2.45, 2.75) is 13.0 Å². The molecule has 6 nitrogen and oxygen atoms in total. The number of hydrogen-bond donors (Lipinski definition) is 2. The molecule has 0 saturated carbocycles. The quantitative estimate of drug-likeness (QED) is 0.722. The Hall–Kier alpha value is -3.12. The van der Waals surface area contributed by atoms with Gasteiger partial charge in [0.05, 0.1) is 6.54 Å². The number of anilines is 1. The number of hydrogen-bond acceptors (Lipinski definition) is 4. The van der Waals surface area contributed by atoms with Gasteiger partial charge in [0.1, 0.15) is 5.76 Å². The van der Waals surface area contributed by atoms with Crippen molar-refractivity contribution < 1.29 is 14.3 Å². The largest absolute Gasteiger partial charge is 0.454 e. The summed E-state index contributed by atoms with van der Waals surface area (Å²) in [4.78, 5) is 23.9. The Balaban J connectivity index is 1.66. The Kier molecular flexibility index (Phi) is 5.11. The normalized spacial score (nSPS) is 10.6. The number of amides is 1. The fraction of sp³-hybridized carbons (Fsp3) is 0.158. The van der Waals surface area contributed by atoms with Crippen molar-refractivity contribution in [3.8, 4) is 0 Å². The maximum atomic E-state index is 12.2. The third-order valence-corrected chi connectivity index (χ3v) is 3.72. The minimum Gasteiger partial charge on any atom is -0.454 e. The molecule has 2 aromatic heterocycles. The number of nitrogens with one attached hydrogen (secondary N) is 1. The van der Waals surface area contributed by atoms with Crippen LogP contribution in [0.15, 0.2) is 70.0 Å². The second-order valence-corrected chi connectivity index (χ2v) is 5.56. The van der Waals surface area contributed by atoms with Crippen LogP contribution in [0.5, 0.6) is 0 Å². The molecule has 25 heavy (non-hydrogen) atoms. The molecule has 0 saturated heterocycles. The highest BCUT2D eigenvalue weighted by Crippen LogP contribution is 2.14. The first-order chi connectivity index (χ1) is 12.2. The van der Waals surface area contributed by atoms with E-state index in [4.69, 9.17) is 9.52 Å². The molecular weight excluding hydrogens is 320 g/mol. The Labute approximate surface area is 144 Å². The number of carbonyl (C=O) groups is 1. The Morgan fingerprint density at radius 3 is 2.60 bits per heavy atom. The molecule has 0 aliphatic heterocycles. The molecule has 0 spiro atoms. The number of aliphatic hydroxyl groups is 1. The van der Waals surface area contributed by atoms with Crippen molar-refractivity contribution >= 4 is 11.6 Å². The van der Waals surface area contributed by atoms with Gasteiger partial charge in [-0.05, 0) is 42.3 Å². The Morgan fingerprint density at radius 1 is 1.08 bits per heavy atom. The first kappa shape index (κ1) is 16.7. The molecule has 1 aromatic carbocycles. The van der Waals surface area contributed by atoms with Gasteiger partial charge in [-0.2, -0.15) is 0 Å². The van der Waals surface area contributed by atoms with E-state index in [-0.39, 0.29) is 30.4 Å². The molecule has 0 radical (unpaired) electrons. The van der Waals surface area contributed by atoms with Crippen LogP contribution < -0.4 is 10.9 Å². The van der Waals surface area contributed by atoms with E-state index in [1.54, 1.807) is 42.6 Å². The fourth-order valence-corrected chi connectivity index (χ4v) is 2.42. The summed E-state index contributed by atoms with van der Waals surface area (Å²) in [5.74, 6) is 0.344. The molecule has 3 rings (SSSR count). The van der Waals surface area contributed by atoms with Gasteiger partial charge in [-0.1, -0.05) is 18.2 Å². The lowest BCUT2D eigenvalue weighted by Crippen LogP contribution is -2.18. The van der Waals surface area contributed by atoms with Crippen LogP contribution in [0.4, 0.5) is 5.69 Å². The predicted molar refractivity (Wildman–Crippen MR) is 93.7 cm³/mol. The van der Waals surface area contributed by atoms with Crippen LogP contribution >= 0.6 is 0 Å². The Bertz CT molecular complexity index is 909. The van der Waals surface area contributed by atoms with Gasteiger partial charge < -0.3 is 19.4 Å². The number of rotatable bonds is 6. The summed E-state index contributed by atoms with van der Waals surface area (Å²) in [6.45, 7) is 0.355. The van der Waals surface area contributed by atoms with Crippen LogP contribution in [0, 0.1) is 0 Å². The van der Waals surface area contributed by atoms with Crippen LogP contribution in [0.25, 0.3) is 0 Å². The zero-order valence-electron chi connectivity index (χ0n) is 13.5. The number of nitrogens with zero attached hydrogens (tertiary/aromatic N) is 1. The highest BCUT2D eigenvalue weighted by Gasteiger charge is 2.12. The highest BCUT2D eigenvalue weighted by atomic mass is 16.4. The lowest BCUT2D eigenvalue weighted by atomic mass is 10.1. The van der Waals surface area contributed by atoms with Crippen molar-refractivity contribution in [3.05, 3.63) is 88.2 Å². The smallest absolute Gasteiger partial charge is 0.291 e. The third-order valence-electron chi connectivity index (χ3n) is 3.72. The van der Waals surface area contributed by atoms with E-state index >= 15 is 0 Å². The van der Waals surface area contributed by atoms with Crippen molar-refractivity contribution in [1.29, 1.82) is 0 Å². The molecule has 0 aliphatic carbocycles. The summed E-state index contributed by atoms with van der Waals surface area (Å²) >= 11 is 0. The second kappa shape index (κ2) is 7.63. The first-order valence-corrected chi connectivity index (χ1v) is 7.91. The summed E-state index contributed by atoms with van der Waals surface area (Å²) in [6, 6.07) is 15.4. The molecule has 1 amide bonds. The minimum absolute atomic E-state index is 0.0887. The van der Waals surface area contributed by atoms with Gasteiger partial charge in [0.15, 0.2) is 5.76 Å². The minimum atomic E-state index is -0.360. The zero-order chi connectivity index (χ0) is 17.6. The molecule has 0 fully saturated rings. The monoisotopic (exact) mass is 338 g/mol. The lowest BCUT2D eigenvalue weighted by molar-refractivity contribution is 0.0994. The number of aromatic nitrogens is 1. The molecular formula is C19H18N2O4. The average Bonchev–Trinajstić information content (AvgIpc) is 3.08. The second-order valence-electron chi connectivity index (χ2n) is 5.56. The number of aliphatic hydroxyl groups excluding tert-OH is 1. The van der Waals surface area contributed by atoms with Crippen LogP contribution in [-0.4, -0.2) is 22.2 Å². The van der Waals surface area contributed by atoms with Gasteiger partial charge in [-0.15, -0.1) is 0 Å². The summed E-state index contributed by atoms with van der Waals surface area (Å²) in [7, 11) is 0. The van der Waals surface area contributed by atoms with Crippen molar-refractivity contribution in [2.75, 3.05) is 11.9 Å². The van der Waals surface area contributed by atoms with Crippen LogP contribution in [-0.2, 0) is 13.0 Å². The molecule has 0 atom stereocenters. The molecule has 6 heteroatoms. The van der Waals surface area contributed by atoms with Gasteiger partial charge in [-0.3, -0.25) is 9.59 Å². The SMILES string of the molecule is O=C(Nc1ccc(CCO)cc1)c1ccc(Cn2ccccc2=O)o1. The first-order valence-electron chi connectivity index (χ1n) is 7.91. The van der Waals surface area contributed by atoms with Gasteiger partial charge in [0, 0.05) is 24.6 Å². The van der Waals surface area contributed by atoms with Gasteiger partial charge in [0.2, 0.25) is 0 Å². The van der Waals surface area contributed by atoms with Crippen molar-refractivity contribution in [3.63, 3.8) is 0 Å². The zero-order valence-corrected chi connectivity index (χ0v) is 13.5. The Morgan fingerprint density at radius 2 is 1.88 bits per heavy atom. The van der Waals surface area contributed by atoms with E-state index in [0.717, 1.165) is 5.56 Å². The van der Waals surface area contributed by atoms with E-state index < -0.39 is 0 Å². The number of furan rings is 1. The van der Waals surface area contributed by atoms with E-state index in [2.05, 4.69) is 5.32 Å². The topological polar surface area (TPSA) is 84.5 Å². The molecule has 0 unspecified atom stereocenters. The molecule has 0 aliphatic rings. The molecule has 0 bridgehead atoms. The summed E-state index contributed by atoms with van der Waals surface area (Å²) < 4.78 is 7.03. The van der Waals surface area contributed by atoms with E-state index in [9.17, 15) is 9.59 Å². The number of pyridine rings is 1. The van der Waals surface area contributed by atoms with E-state index in [0.29, 0.717) is 17.9 Å². The fourth-order valence-electron chi connectivity index (χ4n) is 2.42. The summed E-state index contributed by atoms with van der Waals surface area (Å²) in [5.41, 5.74) is 1.51. The van der Waals surface area contributed by atoms with E-state index in [1.807, 2.05) is 12.1 Å². The predicted octanol–water partition coefficient (Wildman–Crippen LogP) is 2.28. The van der Waals surface area contributed by atoms with Gasteiger partial charge >= 0.3 is 0 Å². The van der Waals surface area contributed by atoms with Gasteiger partial charge in [0.25, 0.3) is 11.5 Å². The maximum Gasteiger partial charge on any atom is 0.291 e. The van der Waals surface area contributed by atoms with E-state index in [1.165, 1.54) is 10.6 Å². The number of carbonyl (C=O) groups excluding carboxylic acids is 1. The molecule has 2 heterocycles. The molecule has 3 aromatic rings. The average molecular weight is 338 g/mol. The maximum absolute atomic E-state index is 12.2. The summed E-state index contributed by atoms with van der Waals surface area (Å²) in [6.07, 6.45) is 2.24. The summed E-state index contributed by atoms with van der Waals surface area (Å²) in [5, 5.41) is 11.7. The van der Waals surface area contributed by atoms with Crippen LogP contribution in [0.2, 0.25) is 0 Å².